The number of nitro benzene ring substituents is 1. The fourth-order valence-corrected chi connectivity index (χ4v) is 4.91. The van der Waals surface area contributed by atoms with E-state index in [0.717, 1.165) is 48.4 Å². The van der Waals surface area contributed by atoms with Gasteiger partial charge in [0.15, 0.2) is 5.65 Å². The molecule has 1 saturated carbocycles. The van der Waals surface area contributed by atoms with E-state index in [1.54, 1.807) is 7.05 Å². The summed E-state index contributed by atoms with van der Waals surface area (Å²) in [6.07, 6.45) is 5.18. The van der Waals surface area contributed by atoms with Crippen LogP contribution in [0.2, 0.25) is 0 Å². The van der Waals surface area contributed by atoms with Crippen LogP contribution in [0.5, 0.6) is 0 Å². The standard InChI is InChI=1S/C22H24N6O5S/c1-26-19-17(21(30)27(2)22(26)31)20(25-18(24-19)13-6-4-3-5-7-13)34-12-16(29)23-14-8-10-15(11-9-14)28(32)33/h8-11,13H,3-7,12H2,1-2H3,(H,23,29). The number of hydrogen-bond donors (Lipinski definition) is 1. The molecular formula is C22H24N6O5S. The zero-order valence-corrected chi connectivity index (χ0v) is 19.6. The number of rotatable bonds is 6. The summed E-state index contributed by atoms with van der Waals surface area (Å²) >= 11 is 1.10. The molecule has 0 atom stereocenters. The van der Waals surface area contributed by atoms with Crippen LogP contribution in [-0.2, 0) is 18.9 Å². The Hall–Kier alpha value is -3.54. The van der Waals surface area contributed by atoms with Crippen LogP contribution in [0.25, 0.3) is 11.0 Å². The van der Waals surface area contributed by atoms with E-state index in [4.69, 9.17) is 0 Å². The van der Waals surface area contributed by atoms with E-state index in [-0.39, 0.29) is 34.3 Å². The third-order valence-electron chi connectivity index (χ3n) is 5.96. The summed E-state index contributed by atoms with van der Waals surface area (Å²) in [6, 6.07) is 5.52. The molecule has 178 valence electrons. The first-order chi connectivity index (χ1) is 16.3. The third kappa shape index (κ3) is 4.72. The van der Waals surface area contributed by atoms with E-state index in [2.05, 4.69) is 15.3 Å². The summed E-state index contributed by atoms with van der Waals surface area (Å²) in [5, 5.41) is 14.0. The second-order valence-corrected chi connectivity index (χ2v) is 9.23. The van der Waals surface area contributed by atoms with Crippen LogP contribution in [0, 0.1) is 10.1 Å². The van der Waals surface area contributed by atoms with E-state index in [1.165, 1.54) is 35.9 Å². The number of benzene rings is 1. The number of hydrogen-bond acceptors (Lipinski definition) is 8. The third-order valence-corrected chi connectivity index (χ3v) is 6.93. The minimum absolute atomic E-state index is 0.0425. The highest BCUT2D eigenvalue weighted by atomic mass is 32.2. The van der Waals surface area contributed by atoms with Crippen LogP contribution < -0.4 is 16.6 Å². The second kappa shape index (κ2) is 9.75. The molecule has 0 spiro atoms. The number of fused-ring (bicyclic) bond motifs is 1. The molecule has 1 aromatic carbocycles. The van der Waals surface area contributed by atoms with Crippen molar-refractivity contribution in [2.45, 2.75) is 43.0 Å². The van der Waals surface area contributed by atoms with Gasteiger partial charge in [0.1, 0.15) is 16.2 Å². The minimum Gasteiger partial charge on any atom is -0.325 e. The summed E-state index contributed by atoms with van der Waals surface area (Å²) in [4.78, 5) is 57.5. The number of nitrogens with zero attached hydrogens (tertiary/aromatic N) is 5. The Balaban J connectivity index is 1.64. The van der Waals surface area contributed by atoms with E-state index in [9.17, 15) is 24.5 Å². The van der Waals surface area contributed by atoms with Crippen LogP contribution in [-0.4, -0.2) is 35.7 Å². The van der Waals surface area contributed by atoms with Gasteiger partial charge >= 0.3 is 5.69 Å². The number of carbonyl (C=O) groups is 1. The van der Waals surface area contributed by atoms with Crippen LogP contribution in [0.15, 0.2) is 38.9 Å². The highest BCUT2D eigenvalue weighted by molar-refractivity contribution is 8.00. The van der Waals surface area contributed by atoms with Gasteiger partial charge in [0.25, 0.3) is 11.2 Å². The number of amides is 1. The molecular weight excluding hydrogens is 460 g/mol. The van der Waals surface area contributed by atoms with E-state index >= 15 is 0 Å². The molecule has 0 saturated heterocycles. The summed E-state index contributed by atoms with van der Waals surface area (Å²) in [7, 11) is 2.96. The van der Waals surface area contributed by atoms with Crippen molar-refractivity contribution in [3.05, 3.63) is 61.0 Å². The lowest BCUT2D eigenvalue weighted by Crippen LogP contribution is -2.38. The maximum Gasteiger partial charge on any atom is 0.332 e. The van der Waals surface area contributed by atoms with Crippen molar-refractivity contribution >= 4 is 40.1 Å². The molecule has 11 nitrogen and oxygen atoms in total. The molecule has 1 fully saturated rings. The van der Waals surface area contributed by atoms with Gasteiger partial charge in [-0.05, 0) is 25.0 Å². The predicted octanol–water partition coefficient (Wildman–Crippen LogP) is 2.71. The lowest BCUT2D eigenvalue weighted by molar-refractivity contribution is -0.384. The normalized spacial score (nSPS) is 14.3. The number of anilines is 1. The van der Waals surface area contributed by atoms with Gasteiger partial charge in [0.05, 0.1) is 10.7 Å². The topological polar surface area (TPSA) is 142 Å². The first kappa shape index (κ1) is 23.6. The predicted molar refractivity (Wildman–Crippen MR) is 128 cm³/mol. The molecule has 2 heterocycles. The van der Waals surface area contributed by atoms with Crippen LogP contribution in [0.1, 0.15) is 43.8 Å². The van der Waals surface area contributed by atoms with Crippen molar-refractivity contribution < 1.29 is 9.72 Å². The van der Waals surface area contributed by atoms with Crippen LogP contribution >= 0.6 is 11.8 Å². The highest BCUT2D eigenvalue weighted by Gasteiger charge is 2.23. The van der Waals surface area contributed by atoms with Crippen LogP contribution in [0.3, 0.4) is 0 Å². The first-order valence-electron chi connectivity index (χ1n) is 10.9. The molecule has 1 N–H and O–H groups in total. The summed E-state index contributed by atoms with van der Waals surface area (Å²) < 4.78 is 2.35. The van der Waals surface area contributed by atoms with Crippen molar-refractivity contribution in [3.63, 3.8) is 0 Å². The number of aryl methyl sites for hydroxylation is 1. The van der Waals surface area contributed by atoms with E-state index < -0.39 is 16.2 Å². The molecule has 1 amide bonds. The number of nitro groups is 1. The maximum absolute atomic E-state index is 12.9. The Labute approximate surface area is 198 Å². The van der Waals surface area contributed by atoms with Crippen molar-refractivity contribution in [3.8, 4) is 0 Å². The molecule has 1 aliphatic rings. The lowest BCUT2D eigenvalue weighted by atomic mass is 9.89. The Kier molecular flexibility index (Phi) is 6.77. The quantitative estimate of drug-likeness (QED) is 0.244. The molecule has 0 unspecified atom stereocenters. The summed E-state index contributed by atoms with van der Waals surface area (Å²) in [5.74, 6) is 0.338. The van der Waals surface area contributed by atoms with E-state index in [1.807, 2.05) is 0 Å². The van der Waals surface area contributed by atoms with Crippen molar-refractivity contribution in [2.24, 2.45) is 14.1 Å². The molecule has 4 rings (SSSR count). The van der Waals surface area contributed by atoms with Gasteiger partial charge in [-0.3, -0.25) is 28.8 Å². The van der Waals surface area contributed by atoms with Crippen LogP contribution in [0.4, 0.5) is 11.4 Å². The van der Waals surface area contributed by atoms with Gasteiger partial charge in [0, 0.05) is 37.8 Å². The fraction of sp³-hybridized carbons (Fsp3) is 0.409. The average molecular weight is 485 g/mol. The van der Waals surface area contributed by atoms with Gasteiger partial charge in [-0.15, -0.1) is 0 Å². The zero-order valence-electron chi connectivity index (χ0n) is 18.8. The molecule has 3 aromatic rings. The number of thioether (sulfide) groups is 1. The molecule has 2 aromatic heterocycles. The molecule has 0 aliphatic heterocycles. The number of aromatic nitrogens is 4. The monoisotopic (exact) mass is 484 g/mol. The maximum atomic E-state index is 12.9. The Morgan fingerprint density at radius 2 is 1.79 bits per heavy atom. The van der Waals surface area contributed by atoms with E-state index in [0.29, 0.717) is 16.5 Å². The lowest BCUT2D eigenvalue weighted by Gasteiger charge is -2.21. The highest BCUT2D eigenvalue weighted by Crippen LogP contribution is 2.33. The molecule has 1 aliphatic carbocycles. The van der Waals surface area contributed by atoms with Gasteiger partial charge in [-0.2, -0.15) is 0 Å². The van der Waals surface area contributed by atoms with Gasteiger partial charge in [-0.1, -0.05) is 31.0 Å². The average Bonchev–Trinajstić information content (AvgIpc) is 2.85. The number of non-ortho nitro benzene ring substituents is 1. The SMILES string of the molecule is Cn1c(=O)c2c(SCC(=O)Nc3ccc([N+](=O)[O-])cc3)nc(C3CCCCC3)nc2n(C)c1=O. The minimum atomic E-state index is -0.514. The number of carbonyl (C=O) groups excluding carboxylic acids is 1. The van der Waals surface area contributed by atoms with Crippen molar-refractivity contribution in [2.75, 3.05) is 11.1 Å². The van der Waals surface area contributed by atoms with Gasteiger partial charge < -0.3 is 5.32 Å². The Bertz CT molecular complexity index is 1380. The fourth-order valence-electron chi connectivity index (χ4n) is 4.09. The Morgan fingerprint density at radius 3 is 2.44 bits per heavy atom. The number of nitrogens with one attached hydrogen (secondary N) is 1. The van der Waals surface area contributed by atoms with Crippen molar-refractivity contribution in [1.82, 2.24) is 19.1 Å². The first-order valence-corrected chi connectivity index (χ1v) is 11.9. The molecule has 12 heteroatoms. The summed E-state index contributed by atoms with van der Waals surface area (Å²) in [6.45, 7) is 0. The Morgan fingerprint density at radius 1 is 1.12 bits per heavy atom. The van der Waals surface area contributed by atoms with Gasteiger partial charge in [-0.25, -0.2) is 14.8 Å². The molecule has 0 bridgehead atoms. The molecule has 0 radical (unpaired) electrons. The molecule has 34 heavy (non-hydrogen) atoms. The summed E-state index contributed by atoms with van der Waals surface area (Å²) in [5.41, 5.74) is -0.368. The smallest absolute Gasteiger partial charge is 0.325 e. The largest absolute Gasteiger partial charge is 0.332 e. The van der Waals surface area contributed by atoms with Gasteiger partial charge in [0.2, 0.25) is 5.91 Å². The van der Waals surface area contributed by atoms with Crippen molar-refractivity contribution in [1.29, 1.82) is 0 Å². The zero-order chi connectivity index (χ0) is 24.4. The second-order valence-electron chi connectivity index (χ2n) is 8.27.